The van der Waals surface area contributed by atoms with Crippen LogP contribution in [0.15, 0.2) is 116 Å². The highest BCUT2D eigenvalue weighted by Gasteiger charge is 2.35. The number of allylic oxidation sites excluding steroid dienone is 4. The maximum Gasteiger partial charge on any atom is 0.0934 e. The number of aromatic amines is 2. The minimum atomic E-state index is -0.201. The van der Waals surface area contributed by atoms with Crippen molar-refractivity contribution in [2.75, 3.05) is 0 Å². The van der Waals surface area contributed by atoms with Crippen LogP contribution in [0.5, 0.6) is 0 Å². The number of hydrogen-bond acceptors (Lipinski definition) is 6. The number of nitrogens with zero attached hydrogens (tertiary/aromatic N) is 6. The molecule has 3 aliphatic heterocycles. The van der Waals surface area contributed by atoms with Gasteiger partial charge < -0.3 is 9.97 Å². The van der Waals surface area contributed by atoms with Crippen LogP contribution in [0.25, 0.3) is 57.7 Å². The van der Waals surface area contributed by atoms with Crippen molar-refractivity contribution in [3.05, 3.63) is 152 Å². The first-order valence-corrected chi connectivity index (χ1v) is 23.3. The summed E-state index contributed by atoms with van der Waals surface area (Å²) in [6.45, 7) is 36.0. The summed E-state index contributed by atoms with van der Waals surface area (Å²) in [7, 11) is 0. The van der Waals surface area contributed by atoms with Crippen molar-refractivity contribution in [1.29, 1.82) is 0 Å². The van der Waals surface area contributed by atoms with E-state index >= 15 is 0 Å². The van der Waals surface area contributed by atoms with Gasteiger partial charge in [-0.05, 0) is 155 Å². The van der Waals surface area contributed by atoms with Crippen LogP contribution in [0.3, 0.4) is 0 Å². The number of aliphatic imine (C=N–C) groups is 2. The van der Waals surface area contributed by atoms with E-state index < -0.39 is 0 Å². The molecule has 0 amide bonds. The molecule has 336 valence electrons. The predicted molar refractivity (Wildman–Crippen MR) is 275 cm³/mol. The van der Waals surface area contributed by atoms with Gasteiger partial charge in [0.15, 0.2) is 0 Å². The number of hydrogen-bond donors (Lipinski definition) is 2. The van der Waals surface area contributed by atoms with Gasteiger partial charge in [-0.15, -0.1) is 0 Å². The van der Waals surface area contributed by atoms with E-state index in [0.717, 1.165) is 102 Å². The fraction of sp³-hybridized carbons (Fsp3) is 0.345. The Balaban J connectivity index is 1.33. The van der Waals surface area contributed by atoms with Gasteiger partial charge in [0.1, 0.15) is 0 Å². The lowest BCUT2D eigenvalue weighted by Crippen LogP contribution is -2.19. The van der Waals surface area contributed by atoms with Gasteiger partial charge in [0.2, 0.25) is 0 Å². The van der Waals surface area contributed by atoms with Gasteiger partial charge in [0, 0.05) is 11.4 Å². The van der Waals surface area contributed by atoms with Crippen molar-refractivity contribution in [3.8, 4) is 45.6 Å². The third-order valence-electron chi connectivity index (χ3n) is 13.1. The highest BCUT2D eigenvalue weighted by Crippen LogP contribution is 2.45. The summed E-state index contributed by atoms with van der Waals surface area (Å²) in [6, 6.07) is 24.9. The van der Waals surface area contributed by atoms with Crippen molar-refractivity contribution >= 4 is 23.6 Å². The van der Waals surface area contributed by atoms with Gasteiger partial charge in [-0.25, -0.2) is 29.9 Å². The van der Waals surface area contributed by atoms with Crippen LogP contribution in [0.2, 0.25) is 0 Å². The highest BCUT2D eigenvalue weighted by atomic mass is 14.9. The summed E-state index contributed by atoms with van der Waals surface area (Å²) in [6.07, 6.45) is 4.42. The average molecular weight is 873 g/mol. The van der Waals surface area contributed by atoms with Gasteiger partial charge in [-0.2, -0.15) is 0 Å². The maximum absolute atomic E-state index is 5.43. The summed E-state index contributed by atoms with van der Waals surface area (Å²) in [5.74, 6) is 0. The zero-order valence-corrected chi connectivity index (χ0v) is 41.8. The fourth-order valence-corrected chi connectivity index (χ4v) is 10.5. The first-order chi connectivity index (χ1) is 30.9. The number of pyridine rings is 4. The minimum Gasteiger partial charge on any atom is -0.353 e. The van der Waals surface area contributed by atoms with E-state index in [1.54, 1.807) is 0 Å². The van der Waals surface area contributed by atoms with Crippen molar-refractivity contribution < 1.29 is 0 Å². The molecule has 6 aromatic rings. The normalized spacial score (nSPS) is 15.5. The van der Waals surface area contributed by atoms with E-state index in [1.807, 2.05) is 12.1 Å². The minimum absolute atomic E-state index is 0.181. The number of rotatable bonds is 0. The van der Waals surface area contributed by atoms with Crippen LogP contribution in [-0.4, -0.2) is 41.3 Å². The van der Waals surface area contributed by atoms with Crippen molar-refractivity contribution in [2.24, 2.45) is 20.8 Å². The first kappa shape index (κ1) is 44.7. The Bertz CT molecular complexity index is 2980. The van der Waals surface area contributed by atoms with Gasteiger partial charge in [0.05, 0.1) is 79.8 Å². The standard InChI is InChI=1S/C58H64N8/c1-31-43-29-44-32(2)48(56(8,9)10)52(64-44)40-26-19-23-37(61-40)38-24-20-28-42(62-38)54-50(58(14,15)16)34(4)46(66-54)30-45-33(3)49(57(11,12)13)53(65-45)41-27-18-22-36(60-41)35-21-17-25-39(59-35)51(63-43)47(31)55(5,6)7/h17-30,63,66H,1-16H3. The molecule has 8 nitrogen and oxygen atoms in total. The van der Waals surface area contributed by atoms with E-state index in [1.165, 1.54) is 33.4 Å². The van der Waals surface area contributed by atoms with Crippen molar-refractivity contribution in [1.82, 2.24) is 29.9 Å². The molecule has 3 aliphatic rings. The largest absolute Gasteiger partial charge is 0.353 e. The molecular formula is C58H64N8. The molecule has 0 saturated carbocycles. The molecule has 9 rings (SSSR count). The zero-order chi connectivity index (χ0) is 47.4. The predicted octanol–water partition coefficient (Wildman–Crippen LogP) is 14.5. The number of H-pyrrole nitrogens is 2. The SMILES string of the molecule is CC1=C(C(C)(C)C)C2=NC1=Cc1[nH]c(c(C(C)(C)C)c1C)-c1cccc(n1)-c1cccc(n1)C1=NC(=Cc3[nH]c(c(C(C)(C)C)c3C)-c3cccc(n3)-c3cccc2n3)C(C)=C1C(C)(C)C. The van der Waals surface area contributed by atoms with Crippen LogP contribution in [0, 0.1) is 24.7 Å². The van der Waals surface area contributed by atoms with Crippen LogP contribution in [0.1, 0.15) is 142 Å². The van der Waals surface area contributed by atoms with Crippen LogP contribution < -0.4 is 0 Å². The van der Waals surface area contributed by atoms with Crippen LogP contribution >= 0.6 is 0 Å². The van der Waals surface area contributed by atoms with Gasteiger partial charge in [-0.1, -0.05) is 107 Å². The van der Waals surface area contributed by atoms with Gasteiger partial charge >= 0.3 is 0 Å². The molecule has 8 heteroatoms. The molecule has 0 saturated heterocycles. The maximum atomic E-state index is 5.43. The third-order valence-corrected chi connectivity index (χ3v) is 13.1. The fourth-order valence-electron chi connectivity index (χ4n) is 10.5. The molecule has 0 aromatic carbocycles. The molecule has 0 unspecified atom stereocenters. The lowest BCUT2D eigenvalue weighted by Gasteiger charge is -2.23. The molecule has 16 bridgehead atoms. The van der Waals surface area contributed by atoms with Crippen molar-refractivity contribution in [3.63, 3.8) is 0 Å². The number of fused-ring (bicyclic) bond motifs is 20. The molecule has 2 N–H and O–H groups in total. The second-order valence-electron chi connectivity index (χ2n) is 22.4. The summed E-state index contributed by atoms with van der Waals surface area (Å²) >= 11 is 0. The van der Waals surface area contributed by atoms with Gasteiger partial charge in [-0.3, -0.25) is 0 Å². The van der Waals surface area contributed by atoms with Crippen LogP contribution in [0.4, 0.5) is 0 Å². The van der Waals surface area contributed by atoms with Crippen molar-refractivity contribution in [2.45, 2.75) is 122 Å². The molecular weight excluding hydrogens is 809 g/mol. The molecule has 66 heavy (non-hydrogen) atoms. The monoisotopic (exact) mass is 873 g/mol. The third kappa shape index (κ3) is 7.78. The quantitative estimate of drug-likeness (QED) is 0.158. The Labute approximate surface area is 391 Å². The highest BCUT2D eigenvalue weighted by molar-refractivity contribution is 6.17. The van der Waals surface area contributed by atoms with E-state index in [9.17, 15) is 0 Å². The van der Waals surface area contributed by atoms with E-state index in [0.29, 0.717) is 0 Å². The Morgan fingerprint density at radius 2 is 0.652 bits per heavy atom. The summed E-state index contributed by atoms with van der Waals surface area (Å²) in [5, 5.41) is 0. The molecule has 9 heterocycles. The first-order valence-electron chi connectivity index (χ1n) is 23.3. The Hall–Kier alpha value is -6.54. The van der Waals surface area contributed by atoms with Crippen LogP contribution in [-0.2, 0) is 10.8 Å². The lowest BCUT2D eigenvalue weighted by molar-refractivity contribution is 0.522. The zero-order valence-electron chi connectivity index (χ0n) is 41.8. The smallest absolute Gasteiger partial charge is 0.0934 e. The van der Waals surface area contributed by atoms with Gasteiger partial charge in [0.25, 0.3) is 0 Å². The molecule has 0 spiro atoms. The Kier molecular flexibility index (Phi) is 10.5. The van der Waals surface area contributed by atoms with E-state index in [4.69, 9.17) is 29.9 Å². The molecule has 6 aromatic heterocycles. The molecule has 0 aliphatic carbocycles. The Morgan fingerprint density at radius 1 is 0.364 bits per heavy atom. The average Bonchev–Trinajstić information content (AvgIpc) is 3.97. The number of nitrogens with one attached hydrogen (secondary N) is 2. The van der Waals surface area contributed by atoms with E-state index in [-0.39, 0.29) is 21.7 Å². The second kappa shape index (κ2) is 15.5. The Morgan fingerprint density at radius 3 is 0.955 bits per heavy atom. The topological polar surface area (TPSA) is 108 Å². The van der Waals surface area contributed by atoms with E-state index in [2.05, 4.69) is 194 Å². The second-order valence-corrected chi connectivity index (χ2v) is 22.4. The summed E-state index contributed by atoms with van der Waals surface area (Å²) in [4.78, 5) is 39.9. The molecule has 0 radical (unpaired) electrons. The summed E-state index contributed by atoms with van der Waals surface area (Å²) < 4.78 is 0. The molecule has 0 atom stereocenters. The number of aromatic nitrogens is 6. The lowest BCUT2D eigenvalue weighted by atomic mass is 9.80. The summed E-state index contributed by atoms with van der Waals surface area (Å²) in [5.41, 5.74) is 22.8. The molecule has 0 fully saturated rings.